The SMILES string of the molecule is Cc1cc(-c2cnc(C3CNC3)nc2)cc2c1OCc1c(N3CCS(=O)(=O)CC3)ccnc1N2. The van der Waals surface area contributed by atoms with E-state index in [1.807, 2.05) is 31.5 Å². The number of anilines is 3. The highest BCUT2D eigenvalue weighted by molar-refractivity contribution is 7.91. The number of rotatable bonds is 3. The zero-order valence-electron chi connectivity index (χ0n) is 18.9. The van der Waals surface area contributed by atoms with Crippen molar-refractivity contribution in [2.45, 2.75) is 19.4 Å². The molecule has 176 valence electrons. The third kappa shape index (κ3) is 3.86. The van der Waals surface area contributed by atoms with Crippen LogP contribution in [0.4, 0.5) is 17.2 Å². The highest BCUT2D eigenvalue weighted by Gasteiger charge is 2.27. The number of pyridine rings is 1. The summed E-state index contributed by atoms with van der Waals surface area (Å²) in [7, 11) is -2.96. The number of aryl methyl sites for hydroxylation is 1. The summed E-state index contributed by atoms with van der Waals surface area (Å²) in [5, 5.41) is 6.72. The van der Waals surface area contributed by atoms with Crippen molar-refractivity contribution in [1.82, 2.24) is 20.3 Å². The molecule has 3 aromatic rings. The molecule has 0 unspecified atom stereocenters. The third-order valence-electron chi connectivity index (χ3n) is 6.76. The lowest BCUT2D eigenvalue weighted by Crippen LogP contribution is -2.40. The molecule has 0 atom stereocenters. The Balaban J connectivity index is 1.31. The highest BCUT2D eigenvalue weighted by atomic mass is 32.2. The predicted octanol–water partition coefficient (Wildman–Crippen LogP) is 2.40. The number of benzene rings is 1. The zero-order chi connectivity index (χ0) is 23.3. The molecule has 2 fully saturated rings. The summed E-state index contributed by atoms with van der Waals surface area (Å²) in [5.41, 5.74) is 5.70. The standard InChI is InChI=1S/C24H26N6O3S/c1-15-8-16(17-12-27-23(28-13-17)18-10-25-11-18)9-20-22(15)33-14-19-21(2-3-26-24(19)29-20)30-4-6-34(31,32)7-5-30/h2-3,8-9,12-13,18,25H,4-7,10-11,14H2,1H3,(H,26,29). The molecule has 0 bridgehead atoms. The molecule has 34 heavy (non-hydrogen) atoms. The van der Waals surface area contributed by atoms with Crippen molar-refractivity contribution in [2.24, 2.45) is 0 Å². The summed E-state index contributed by atoms with van der Waals surface area (Å²) in [6, 6.07) is 6.07. The number of fused-ring (bicyclic) bond motifs is 2. The van der Waals surface area contributed by atoms with Crippen LogP contribution in [0.5, 0.6) is 5.75 Å². The molecule has 0 spiro atoms. The second kappa shape index (κ2) is 8.21. The van der Waals surface area contributed by atoms with Gasteiger partial charge < -0.3 is 20.3 Å². The summed E-state index contributed by atoms with van der Waals surface area (Å²) in [6.45, 7) is 5.19. The Hall–Kier alpha value is -3.24. The minimum Gasteiger partial charge on any atom is -0.486 e. The lowest BCUT2D eigenvalue weighted by molar-refractivity contribution is 0.308. The van der Waals surface area contributed by atoms with Gasteiger partial charge in [-0.2, -0.15) is 0 Å². The van der Waals surface area contributed by atoms with Crippen molar-refractivity contribution in [2.75, 3.05) is 47.9 Å². The van der Waals surface area contributed by atoms with Gasteiger partial charge in [-0.15, -0.1) is 0 Å². The molecule has 1 aromatic carbocycles. The fraction of sp³-hybridized carbons (Fsp3) is 0.375. The molecule has 2 saturated heterocycles. The van der Waals surface area contributed by atoms with E-state index >= 15 is 0 Å². The molecule has 0 aliphatic carbocycles. The van der Waals surface area contributed by atoms with Gasteiger partial charge in [0.2, 0.25) is 0 Å². The normalized spacial score (nSPS) is 19.1. The fourth-order valence-electron chi connectivity index (χ4n) is 4.65. The zero-order valence-corrected chi connectivity index (χ0v) is 19.7. The van der Waals surface area contributed by atoms with Crippen LogP contribution in [0.2, 0.25) is 0 Å². The van der Waals surface area contributed by atoms with Crippen LogP contribution in [-0.4, -0.2) is 61.1 Å². The van der Waals surface area contributed by atoms with Gasteiger partial charge in [-0.1, -0.05) is 0 Å². The molecule has 5 heterocycles. The Morgan fingerprint density at radius 2 is 1.82 bits per heavy atom. The van der Waals surface area contributed by atoms with E-state index in [0.717, 1.165) is 64.1 Å². The molecule has 2 N–H and O–H groups in total. The van der Waals surface area contributed by atoms with Gasteiger partial charge >= 0.3 is 0 Å². The van der Waals surface area contributed by atoms with Crippen molar-refractivity contribution >= 4 is 27.0 Å². The molecule has 0 amide bonds. The van der Waals surface area contributed by atoms with Crippen LogP contribution in [0.1, 0.15) is 22.9 Å². The second-order valence-corrected chi connectivity index (χ2v) is 11.4. The largest absolute Gasteiger partial charge is 0.486 e. The van der Waals surface area contributed by atoms with Gasteiger partial charge in [0.1, 0.15) is 24.0 Å². The van der Waals surface area contributed by atoms with Gasteiger partial charge in [-0.05, 0) is 36.2 Å². The third-order valence-corrected chi connectivity index (χ3v) is 8.37. The summed E-state index contributed by atoms with van der Waals surface area (Å²) in [6.07, 6.45) is 5.52. The van der Waals surface area contributed by atoms with Crippen LogP contribution in [0, 0.1) is 6.92 Å². The average Bonchev–Trinajstić information content (AvgIpc) is 2.98. The van der Waals surface area contributed by atoms with Gasteiger partial charge in [0.25, 0.3) is 0 Å². The van der Waals surface area contributed by atoms with E-state index in [2.05, 4.69) is 36.6 Å². The van der Waals surface area contributed by atoms with Gasteiger partial charge in [-0.25, -0.2) is 23.4 Å². The molecule has 3 aliphatic heterocycles. The van der Waals surface area contributed by atoms with Gasteiger partial charge in [0.15, 0.2) is 9.84 Å². The molecule has 0 saturated carbocycles. The maximum atomic E-state index is 11.9. The molecule has 3 aliphatic rings. The Kier molecular flexibility index (Phi) is 5.14. The van der Waals surface area contributed by atoms with Crippen LogP contribution >= 0.6 is 0 Å². The quantitative estimate of drug-likeness (QED) is 0.586. The van der Waals surface area contributed by atoms with E-state index in [1.165, 1.54) is 0 Å². The highest BCUT2D eigenvalue weighted by Crippen LogP contribution is 2.41. The lowest BCUT2D eigenvalue weighted by Gasteiger charge is -2.30. The van der Waals surface area contributed by atoms with Crippen LogP contribution in [0.3, 0.4) is 0 Å². The van der Waals surface area contributed by atoms with E-state index < -0.39 is 9.84 Å². The van der Waals surface area contributed by atoms with Crippen LogP contribution in [0.25, 0.3) is 11.1 Å². The minimum atomic E-state index is -2.96. The smallest absolute Gasteiger partial charge is 0.153 e. The molecule has 10 heteroatoms. The number of nitrogens with zero attached hydrogens (tertiary/aromatic N) is 4. The first-order valence-corrected chi connectivity index (χ1v) is 13.3. The minimum absolute atomic E-state index is 0.166. The molecule has 9 nitrogen and oxygen atoms in total. The Morgan fingerprint density at radius 3 is 2.53 bits per heavy atom. The number of hydrogen-bond donors (Lipinski definition) is 2. The van der Waals surface area contributed by atoms with E-state index in [1.54, 1.807) is 6.20 Å². The topological polar surface area (TPSA) is 109 Å². The molecular weight excluding hydrogens is 452 g/mol. The summed E-state index contributed by atoms with van der Waals surface area (Å²) in [5.74, 6) is 3.12. The van der Waals surface area contributed by atoms with E-state index in [4.69, 9.17) is 4.74 Å². The predicted molar refractivity (Wildman–Crippen MR) is 131 cm³/mol. The van der Waals surface area contributed by atoms with Gasteiger partial charge in [0, 0.05) is 61.9 Å². The molecule has 6 rings (SSSR count). The number of nitrogens with one attached hydrogen (secondary N) is 2. The summed E-state index contributed by atoms with van der Waals surface area (Å²) in [4.78, 5) is 15.8. The molecular formula is C24H26N6O3S. The second-order valence-electron chi connectivity index (χ2n) is 9.06. The maximum absolute atomic E-state index is 11.9. The Morgan fingerprint density at radius 1 is 1.06 bits per heavy atom. The van der Waals surface area contributed by atoms with Crippen molar-refractivity contribution in [3.63, 3.8) is 0 Å². The Labute approximate surface area is 198 Å². The first-order chi connectivity index (χ1) is 16.5. The van der Waals surface area contributed by atoms with Gasteiger partial charge in [-0.3, -0.25) is 0 Å². The molecule has 0 radical (unpaired) electrons. The van der Waals surface area contributed by atoms with E-state index in [9.17, 15) is 8.42 Å². The van der Waals surface area contributed by atoms with Crippen LogP contribution < -0.4 is 20.3 Å². The number of aromatic nitrogens is 3. The summed E-state index contributed by atoms with van der Waals surface area (Å²) >= 11 is 0. The van der Waals surface area contributed by atoms with E-state index in [-0.39, 0.29) is 11.5 Å². The van der Waals surface area contributed by atoms with Crippen molar-refractivity contribution in [3.05, 3.63) is 53.7 Å². The van der Waals surface area contributed by atoms with Crippen LogP contribution in [-0.2, 0) is 16.4 Å². The van der Waals surface area contributed by atoms with Crippen molar-refractivity contribution < 1.29 is 13.2 Å². The first-order valence-electron chi connectivity index (χ1n) is 11.5. The number of ether oxygens (including phenoxy) is 1. The monoisotopic (exact) mass is 478 g/mol. The fourth-order valence-corrected chi connectivity index (χ4v) is 5.85. The summed E-state index contributed by atoms with van der Waals surface area (Å²) < 4.78 is 30.0. The molecule has 2 aromatic heterocycles. The van der Waals surface area contributed by atoms with Gasteiger partial charge in [0.05, 0.1) is 22.8 Å². The van der Waals surface area contributed by atoms with Crippen molar-refractivity contribution in [3.8, 4) is 16.9 Å². The number of sulfone groups is 1. The first kappa shape index (κ1) is 21.3. The maximum Gasteiger partial charge on any atom is 0.153 e. The van der Waals surface area contributed by atoms with Crippen molar-refractivity contribution in [1.29, 1.82) is 0 Å². The van der Waals surface area contributed by atoms with Crippen LogP contribution in [0.15, 0.2) is 36.8 Å². The van der Waals surface area contributed by atoms with E-state index in [0.29, 0.717) is 25.6 Å². The number of hydrogen-bond acceptors (Lipinski definition) is 9. The average molecular weight is 479 g/mol. The lowest BCUT2D eigenvalue weighted by atomic mass is 10.0. The Bertz CT molecular complexity index is 1340.